The van der Waals surface area contributed by atoms with Crippen LogP contribution in [0.25, 0.3) is 0 Å². The van der Waals surface area contributed by atoms with Crippen molar-refractivity contribution in [2.75, 3.05) is 46.8 Å². The average Bonchev–Trinajstić information content (AvgIpc) is 3.08. The van der Waals surface area contributed by atoms with Crippen LogP contribution in [0.1, 0.15) is 37.8 Å². The van der Waals surface area contributed by atoms with Crippen molar-refractivity contribution in [1.29, 1.82) is 0 Å². The fourth-order valence-electron chi connectivity index (χ4n) is 4.69. The maximum Gasteiger partial charge on any atom is 0.0537 e. The van der Waals surface area contributed by atoms with Crippen molar-refractivity contribution >= 4 is 0 Å². The number of rotatable bonds is 5. The molecule has 0 saturated carbocycles. The topological polar surface area (TPSA) is 36.3 Å². The lowest BCUT2D eigenvalue weighted by Crippen LogP contribution is -2.43. The molecular formula is C18H33N5. The molecule has 2 aliphatic heterocycles. The zero-order valence-corrected chi connectivity index (χ0v) is 15.3. The fourth-order valence-corrected chi connectivity index (χ4v) is 4.69. The van der Waals surface area contributed by atoms with E-state index in [1.54, 1.807) is 0 Å². The number of aryl methyl sites for hydroxylation is 1. The van der Waals surface area contributed by atoms with Crippen LogP contribution in [0.15, 0.2) is 12.4 Å². The molecule has 130 valence electrons. The molecular weight excluding hydrogens is 286 g/mol. The van der Waals surface area contributed by atoms with Gasteiger partial charge in [-0.25, -0.2) is 0 Å². The van der Waals surface area contributed by atoms with Crippen molar-refractivity contribution in [2.45, 2.75) is 32.2 Å². The molecule has 2 saturated heterocycles. The van der Waals surface area contributed by atoms with Gasteiger partial charge in [0.15, 0.2) is 0 Å². The van der Waals surface area contributed by atoms with Gasteiger partial charge in [0.1, 0.15) is 0 Å². The Morgan fingerprint density at radius 2 is 2.26 bits per heavy atom. The van der Waals surface area contributed by atoms with Crippen LogP contribution in [-0.2, 0) is 7.05 Å². The molecule has 1 N–H and O–H groups in total. The molecule has 0 radical (unpaired) electrons. The Morgan fingerprint density at radius 1 is 1.43 bits per heavy atom. The minimum atomic E-state index is 0.444. The summed E-state index contributed by atoms with van der Waals surface area (Å²) in [5.74, 6) is 0.695. The quantitative estimate of drug-likeness (QED) is 0.897. The Balaban J connectivity index is 1.66. The molecule has 5 nitrogen and oxygen atoms in total. The van der Waals surface area contributed by atoms with E-state index in [9.17, 15) is 0 Å². The zero-order chi connectivity index (χ0) is 16.4. The molecule has 3 atom stereocenters. The van der Waals surface area contributed by atoms with Crippen LogP contribution in [-0.4, -0.2) is 66.4 Å². The van der Waals surface area contributed by atoms with Gasteiger partial charge in [-0.3, -0.25) is 9.58 Å². The van der Waals surface area contributed by atoms with Gasteiger partial charge in [-0.05, 0) is 57.8 Å². The lowest BCUT2D eigenvalue weighted by atomic mass is 9.84. The maximum atomic E-state index is 4.40. The van der Waals surface area contributed by atoms with E-state index in [1.807, 2.05) is 11.7 Å². The van der Waals surface area contributed by atoms with Gasteiger partial charge in [-0.2, -0.15) is 5.10 Å². The highest BCUT2D eigenvalue weighted by Crippen LogP contribution is 2.36. The standard InChI is InChI=1S/C18H33N5/c1-18(7-8-19-13-18)14-21(2)11-15-6-5-9-22(3)17(15)16-10-20-23(4)12-16/h10,12,15,17,19H,5-9,11,13-14H2,1-4H3/t15-,17+,18?/m0/s1. The van der Waals surface area contributed by atoms with E-state index >= 15 is 0 Å². The van der Waals surface area contributed by atoms with E-state index in [0.29, 0.717) is 17.4 Å². The van der Waals surface area contributed by atoms with E-state index in [2.05, 4.69) is 53.6 Å². The molecule has 0 amide bonds. The molecule has 2 aliphatic rings. The summed E-state index contributed by atoms with van der Waals surface area (Å²) in [5.41, 5.74) is 1.82. The van der Waals surface area contributed by atoms with Gasteiger partial charge in [-0.15, -0.1) is 0 Å². The first-order chi connectivity index (χ1) is 11.0. The monoisotopic (exact) mass is 319 g/mol. The number of likely N-dealkylation sites (tertiary alicyclic amines) is 1. The van der Waals surface area contributed by atoms with Crippen molar-refractivity contribution in [3.63, 3.8) is 0 Å². The molecule has 23 heavy (non-hydrogen) atoms. The summed E-state index contributed by atoms with van der Waals surface area (Å²) in [6, 6.07) is 0.509. The largest absolute Gasteiger partial charge is 0.316 e. The molecule has 1 aromatic heterocycles. The van der Waals surface area contributed by atoms with Crippen molar-refractivity contribution in [2.24, 2.45) is 18.4 Å². The fraction of sp³-hybridized carbons (Fsp3) is 0.833. The van der Waals surface area contributed by atoms with Gasteiger partial charge in [0, 0.05) is 44.5 Å². The number of hydrogen-bond donors (Lipinski definition) is 1. The van der Waals surface area contributed by atoms with Crippen molar-refractivity contribution in [3.8, 4) is 0 Å². The highest BCUT2D eigenvalue weighted by atomic mass is 15.3. The molecule has 0 aromatic carbocycles. The molecule has 1 unspecified atom stereocenters. The van der Waals surface area contributed by atoms with Gasteiger partial charge in [0.05, 0.1) is 6.20 Å². The Kier molecular flexibility index (Phi) is 5.09. The Hall–Kier alpha value is -0.910. The van der Waals surface area contributed by atoms with Gasteiger partial charge in [-0.1, -0.05) is 6.92 Å². The molecule has 3 rings (SSSR count). The lowest BCUT2D eigenvalue weighted by molar-refractivity contribution is 0.0826. The predicted octanol–water partition coefficient (Wildman–Crippen LogP) is 1.73. The molecule has 5 heteroatoms. The summed E-state index contributed by atoms with van der Waals surface area (Å²) in [7, 11) is 6.59. The van der Waals surface area contributed by atoms with Crippen LogP contribution in [0.2, 0.25) is 0 Å². The smallest absolute Gasteiger partial charge is 0.0537 e. The third kappa shape index (κ3) is 3.95. The van der Waals surface area contributed by atoms with Crippen molar-refractivity contribution in [3.05, 3.63) is 18.0 Å². The summed E-state index contributed by atoms with van der Waals surface area (Å²) >= 11 is 0. The number of aromatic nitrogens is 2. The van der Waals surface area contributed by atoms with Crippen molar-refractivity contribution < 1.29 is 0 Å². The van der Waals surface area contributed by atoms with Crippen molar-refractivity contribution in [1.82, 2.24) is 24.9 Å². The van der Waals surface area contributed by atoms with Gasteiger partial charge in [0.25, 0.3) is 0 Å². The van der Waals surface area contributed by atoms with Gasteiger partial charge >= 0.3 is 0 Å². The number of nitrogens with zero attached hydrogens (tertiary/aromatic N) is 4. The van der Waals surface area contributed by atoms with Gasteiger partial charge < -0.3 is 10.2 Å². The first kappa shape index (κ1) is 16.9. The minimum Gasteiger partial charge on any atom is -0.316 e. The van der Waals surface area contributed by atoms with E-state index < -0.39 is 0 Å². The van der Waals surface area contributed by atoms with Crippen LogP contribution in [0.4, 0.5) is 0 Å². The Labute approximate surface area is 141 Å². The first-order valence-electron chi connectivity index (χ1n) is 9.05. The minimum absolute atomic E-state index is 0.444. The second-order valence-corrected chi connectivity index (χ2v) is 8.21. The molecule has 3 heterocycles. The molecule has 1 aromatic rings. The number of piperidine rings is 1. The summed E-state index contributed by atoms with van der Waals surface area (Å²) in [4.78, 5) is 5.10. The van der Waals surface area contributed by atoms with Crippen LogP contribution >= 0.6 is 0 Å². The summed E-state index contributed by atoms with van der Waals surface area (Å²) in [6.07, 6.45) is 8.19. The second kappa shape index (κ2) is 6.91. The summed E-state index contributed by atoms with van der Waals surface area (Å²) in [6.45, 7) is 8.33. The third-order valence-corrected chi connectivity index (χ3v) is 5.73. The van der Waals surface area contributed by atoms with E-state index in [1.165, 1.54) is 51.0 Å². The molecule has 2 fully saturated rings. The van der Waals surface area contributed by atoms with Crippen LogP contribution < -0.4 is 5.32 Å². The highest BCUT2D eigenvalue weighted by molar-refractivity contribution is 5.13. The molecule has 0 spiro atoms. The summed E-state index contributed by atoms with van der Waals surface area (Å²) in [5, 5.41) is 7.92. The third-order valence-electron chi connectivity index (χ3n) is 5.73. The van der Waals surface area contributed by atoms with E-state index in [4.69, 9.17) is 0 Å². The lowest BCUT2D eigenvalue weighted by Gasteiger charge is -2.41. The normalized spacial score (nSPS) is 32.7. The first-order valence-corrected chi connectivity index (χ1v) is 9.05. The Morgan fingerprint density at radius 3 is 2.91 bits per heavy atom. The second-order valence-electron chi connectivity index (χ2n) is 8.21. The van der Waals surface area contributed by atoms with Crippen LogP contribution in [0.3, 0.4) is 0 Å². The average molecular weight is 319 g/mol. The zero-order valence-electron chi connectivity index (χ0n) is 15.3. The van der Waals surface area contributed by atoms with Crippen LogP contribution in [0.5, 0.6) is 0 Å². The van der Waals surface area contributed by atoms with E-state index in [-0.39, 0.29) is 0 Å². The highest BCUT2D eigenvalue weighted by Gasteiger charge is 2.34. The predicted molar refractivity (Wildman–Crippen MR) is 94.4 cm³/mol. The number of hydrogen-bond acceptors (Lipinski definition) is 4. The number of nitrogens with one attached hydrogen (secondary N) is 1. The van der Waals surface area contributed by atoms with Gasteiger partial charge in [0.2, 0.25) is 0 Å². The molecule has 0 bridgehead atoms. The Bertz CT molecular complexity index is 505. The van der Waals surface area contributed by atoms with E-state index in [0.717, 1.165) is 6.54 Å². The SMILES string of the molecule is CN(C[C@@H]1CCCN(C)[C@H]1c1cnn(C)c1)CC1(C)CCNC1. The van der Waals surface area contributed by atoms with Crippen LogP contribution in [0, 0.1) is 11.3 Å². The maximum absolute atomic E-state index is 4.40. The molecule has 0 aliphatic carbocycles. The summed E-state index contributed by atoms with van der Waals surface area (Å²) < 4.78 is 1.93.